The van der Waals surface area contributed by atoms with Crippen molar-refractivity contribution in [3.05, 3.63) is 29.3 Å². The molecule has 0 aromatic heterocycles. The number of hydrogen-bond acceptors (Lipinski definition) is 3. The van der Waals surface area contributed by atoms with Crippen molar-refractivity contribution in [2.24, 2.45) is 0 Å². The molecule has 0 bridgehead atoms. The van der Waals surface area contributed by atoms with Crippen molar-refractivity contribution in [3.8, 4) is 5.75 Å². The van der Waals surface area contributed by atoms with Crippen LogP contribution in [0.4, 0.5) is 8.78 Å². The largest absolute Gasteiger partial charge is 0.496 e. The summed E-state index contributed by atoms with van der Waals surface area (Å²) in [5.41, 5.74) is 1.70. The lowest BCUT2D eigenvalue weighted by molar-refractivity contribution is -0.150. The minimum absolute atomic E-state index is 0.0108. The number of nitrogens with zero attached hydrogens (tertiary/aromatic N) is 2. The summed E-state index contributed by atoms with van der Waals surface area (Å²) in [6.07, 6.45) is 2.36. The Labute approximate surface area is 141 Å². The fourth-order valence-electron chi connectivity index (χ4n) is 3.59. The molecule has 24 heavy (non-hydrogen) atoms. The first-order valence-corrected chi connectivity index (χ1v) is 8.51. The quantitative estimate of drug-likeness (QED) is 0.846. The number of halogens is 2. The Morgan fingerprint density at radius 3 is 2.50 bits per heavy atom. The van der Waals surface area contributed by atoms with Crippen LogP contribution < -0.4 is 4.74 Å². The van der Waals surface area contributed by atoms with Crippen molar-refractivity contribution in [2.45, 2.75) is 38.2 Å². The first-order valence-electron chi connectivity index (χ1n) is 8.51. The first kappa shape index (κ1) is 17.1. The summed E-state index contributed by atoms with van der Waals surface area (Å²) >= 11 is 0. The van der Waals surface area contributed by atoms with Gasteiger partial charge in [0, 0.05) is 24.7 Å². The molecule has 0 unspecified atom stereocenters. The van der Waals surface area contributed by atoms with Gasteiger partial charge in [0.1, 0.15) is 5.75 Å². The lowest BCUT2D eigenvalue weighted by Gasteiger charge is -2.46. The zero-order valence-corrected chi connectivity index (χ0v) is 14.2. The van der Waals surface area contributed by atoms with Crippen molar-refractivity contribution in [1.29, 1.82) is 0 Å². The number of amides is 1. The lowest BCUT2D eigenvalue weighted by Crippen LogP contribution is -2.61. The summed E-state index contributed by atoms with van der Waals surface area (Å²) < 4.78 is 31.3. The van der Waals surface area contributed by atoms with Crippen molar-refractivity contribution in [1.82, 2.24) is 9.80 Å². The second-order valence-electron chi connectivity index (χ2n) is 6.66. The van der Waals surface area contributed by atoms with Crippen LogP contribution >= 0.6 is 0 Å². The van der Waals surface area contributed by atoms with Gasteiger partial charge < -0.3 is 9.64 Å². The first-order chi connectivity index (χ1) is 11.4. The molecule has 0 aliphatic carbocycles. The maximum absolute atomic E-state index is 13.0. The number of aryl methyl sites for hydroxylation is 1. The Bertz CT molecular complexity index is 605. The third-order valence-corrected chi connectivity index (χ3v) is 5.05. The van der Waals surface area contributed by atoms with E-state index in [1.165, 1.54) is 0 Å². The monoisotopic (exact) mass is 338 g/mol. The Hall–Kier alpha value is -1.69. The fourth-order valence-corrected chi connectivity index (χ4v) is 3.59. The van der Waals surface area contributed by atoms with Gasteiger partial charge in [-0.2, -0.15) is 0 Å². The van der Waals surface area contributed by atoms with E-state index in [1.54, 1.807) is 13.2 Å². The summed E-state index contributed by atoms with van der Waals surface area (Å²) in [6, 6.07) is 5.74. The SMILES string of the molecule is CCc1ccc(C(=O)N2CCC(N3CC(F)(F)C3)CC2)cc1OC. The number of carbonyl (C=O) groups excluding carboxylic acids is 1. The summed E-state index contributed by atoms with van der Waals surface area (Å²) in [6.45, 7) is 3.00. The van der Waals surface area contributed by atoms with E-state index >= 15 is 0 Å². The maximum atomic E-state index is 13.0. The second-order valence-corrected chi connectivity index (χ2v) is 6.66. The number of hydrogen-bond donors (Lipinski definition) is 0. The molecule has 1 amide bonds. The number of carbonyl (C=O) groups is 1. The third kappa shape index (κ3) is 3.38. The van der Waals surface area contributed by atoms with Crippen LogP contribution in [0.2, 0.25) is 0 Å². The smallest absolute Gasteiger partial charge is 0.272 e. The van der Waals surface area contributed by atoms with E-state index in [9.17, 15) is 13.6 Å². The molecular formula is C18H24F2N2O2. The molecule has 0 radical (unpaired) electrons. The van der Waals surface area contributed by atoms with Crippen molar-refractivity contribution in [3.63, 3.8) is 0 Å². The van der Waals surface area contributed by atoms with Gasteiger partial charge in [-0.25, -0.2) is 8.78 Å². The molecule has 0 saturated carbocycles. The predicted octanol–water partition coefficient (Wildman–Crippen LogP) is 2.81. The van der Waals surface area contributed by atoms with E-state index in [1.807, 2.05) is 28.9 Å². The Balaban J connectivity index is 1.59. The Kier molecular flexibility index (Phi) is 4.76. The molecule has 0 N–H and O–H groups in total. The van der Waals surface area contributed by atoms with Gasteiger partial charge in [0.2, 0.25) is 0 Å². The predicted molar refractivity (Wildman–Crippen MR) is 87.8 cm³/mol. The number of rotatable bonds is 4. The average Bonchev–Trinajstić information content (AvgIpc) is 2.58. The van der Waals surface area contributed by atoms with Gasteiger partial charge in [-0.1, -0.05) is 13.0 Å². The van der Waals surface area contributed by atoms with Gasteiger partial charge in [-0.15, -0.1) is 0 Å². The summed E-state index contributed by atoms with van der Waals surface area (Å²) in [5, 5.41) is 0. The van der Waals surface area contributed by atoms with Gasteiger partial charge in [0.15, 0.2) is 0 Å². The van der Waals surface area contributed by atoms with Crippen molar-refractivity contribution >= 4 is 5.91 Å². The highest BCUT2D eigenvalue weighted by Gasteiger charge is 2.47. The molecule has 2 fully saturated rings. The minimum Gasteiger partial charge on any atom is -0.496 e. The molecule has 1 aromatic rings. The van der Waals surface area contributed by atoms with Crippen LogP contribution in [0, 0.1) is 0 Å². The van der Waals surface area contributed by atoms with E-state index in [2.05, 4.69) is 0 Å². The normalized spacial score (nSPS) is 21.4. The zero-order valence-electron chi connectivity index (χ0n) is 14.2. The molecule has 3 rings (SSSR count). The van der Waals surface area contributed by atoms with Crippen LogP contribution in [0.25, 0.3) is 0 Å². The fraction of sp³-hybridized carbons (Fsp3) is 0.611. The molecule has 132 valence electrons. The number of alkyl halides is 2. The second kappa shape index (κ2) is 6.67. The summed E-state index contributed by atoms with van der Waals surface area (Å²) in [4.78, 5) is 16.3. The van der Waals surface area contributed by atoms with Crippen LogP contribution in [0.1, 0.15) is 35.7 Å². The minimum atomic E-state index is -2.52. The standard InChI is InChI=1S/C18H24F2N2O2/c1-3-13-4-5-14(10-16(13)24-2)17(23)21-8-6-15(7-9-21)22-11-18(19,20)12-22/h4-5,10,15H,3,6-9,11-12H2,1-2H3. The molecule has 0 spiro atoms. The highest BCUT2D eigenvalue weighted by molar-refractivity contribution is 5.94. The maximum Gasteiger partial charge on any atom is 0.272 e. The molecule has 2 aliphatic rings. The van der Waals surface area contributed by atoms with Gasteiger partial charge in [0.25, 0.3) is 11.8 Å². The molecule has 2 aliphatic heterocycles. The van der Waals surface area contributed by atoms with Crippen LogP contribution in [0.5, 0.6) is 5.75 Å². The van der Waals surface area contributed by atoms with Crippen LogP contribution in [-0.2, 0) is 6.42 Å². The third-order valence-electron chi connectivity index (χ3n) is 5.05. The van der Waals surface area contributed by atoms with Crippen LogP contribution in [0.3, 0.4) is 0 Å². The van der Waals surface area contributed by atoms with Crippen LogP contribution in [0.15, 0.2) is 18.2 Å². The van der Waals surface area contributed by atoms with E-state index in [0.717, 1.165) is 30.6 Å². The molecule has 1 aromatic carbocycles. The summed E-state index contributed by atoms with van der Waals surface area (Å²) in [7, 11) is 1.61. The Morgan fingerprint density at radius 1 is 1.29 bits per heavy atom. The number of piperidine rings is 1. The molecular weight excluding hydrogens is 314 g/mol. The molecule has 0 atom stereocenters. The average molecular weight is 338 g/mol. The molecule has 2 saturated heterocycles. The van der Waals surface area contributed by atoms with Gasteiger partial charge in [-0.3, -0.25) is 9.69 Å². The molecule has 6 heteroatoms. The number of benzene rings is 1. The van der Waals surface area contributed by atoms with Crippen LogP contribution in [-0.4, -0.2) is 61.0 Å². The van der Waals surface area contributed by atoms with E-state index in [-0.39, 0.29) is 25.0 Å². The van der Waals surface area contributed by atoms with E-state index in [0.29, 0.717) is 18.7 Å². The lowest BCUT2D eigenvalue weighted by atomic mass is 9.97. The van der Waals surface area contributed by atoms with E-state index in [4.69, 9.17) is 4.74 Å². The number of likely N-dealkylation sites (tertiary alicyclic amines) is 2. The number of ether oxygens (including phenoxy) is 1. The highest BCUT2D eigenvalue weighted by atomic mass is 19.3. The molecule has 2 heterocycles. The zero-order chi connectivity index (χ0) is 17.3. The summed E-state index contributed by atoms with van der Waals surface area (Å²) in [5.74, 6) is -1.80. The molecule has 4 nitrogen and oxygen atoms in total. The topological polar surface area (TPSA) is 32.8 Å². The number of methoxy groups -OCH3 is 1. The highest BCUT2D eigenvalue weighted by Crippen LogP contribution is 2.32. The van der Waals surface area contributed by atoms with Crippen molar-refractivity contribution in [2.75, 3.05) is 33.3 Å². The van der Waals surface area contributed by atoms with Crippen molar-refractivity contribution < 1.29 is 18.3 Å². The van der Waals surface area contributed by atoms with E-state index < -0.39 is 5.92 Å². The van der Waals surface area contributed by atoms with Gasteiger partial charge >= 0.3 is 0 Å². The van der Waals surface area contributed by atoms with Gasteiger partial charge in [-0.05, 0) is 37.0 Å². The Morgan fingerprint density at radius 2 is 1.96 bits per heavy atom. The van der Waals surface area contributed by atoms with Gasteiger partial charge in [0.05, 0.1) is 20.2 Å².